The number of likely N-dealkylation sites (tertiary alicyclic amines) is 1. The summed E-state index contributed by atoms with van der Waals surface area (Å²) in [4.78, 5) is 28.8. The zero-order chi connectivity index (χ0) is 27.5. The van der Waals surface area contributed by atoms with Crippen LogP contribution in [0.2, 0.25) is 0 Å². The molecule has 0 aliphatic carbocycles. The van der Waals surface area contributed by atoms with Gasteiger partial charge in [-0.1, -0.05) is 24.3 Å². The summed E-state index contributed by atoms with van der Waals surface area (Å²) in [6.07, 6.45) is -1.38. The molecule has 3 aliphatic heterocycles. The van der Waals surface area contributed by atoms with Gasteiger partial charge < -0.3 is 20.1 Å². The van der Waals surface area contributed by atoms with E-state index in [1.165, 1.54) is 12.1 Å². The van der Waals surface area contributed by atoms with Crippen LogP contribution in [0.3, 0.4) is 0 Å². The molecule has 0 radical (unpaired) electrons. The third kappa shape index (κ3) is 7.02. The number of carbonyl (C=O) groups excluding carboxylic acids is 2. The fourth-order valence-electron chi connectivity index (χ4n) is 5.41. The quantitative estimate of drug-likeness (QED) is 0.511. The zero-order valence-corrected chi connectivity index (χ0v) is 21.6. The number of piperidine rings is 1. The Hall–Kier alpha value is -3.31. The highest BCUT2D eigenvalue weighted by molar-refractivity contribution is 5.89. The van der Waals surface area contributed by atoms with Crippen LogP contribution in [0.15, 0.2) is 48.5 Å². The number of halogens is 3. The molecule has 210 valence electrons. The van der Waals surface area contributed by atoms with E-state index in [0.717, 1.165) is 42.7 Å². The number of anilines is 1. The lowest BCUT2D eigenvalue weighted by Crippen LogP contribution is -2.46. The second kappa shape index (κ2) is 11.4. The van der Waals surface area contributed by atoms with Crippen LogP contribution >= 0.6 is 0 Å². The first-order chi connectivity index (χ1) is 18.7. The van der Waals surface area contributed by atoms with Crippen molar-refractivity contribution in [3.8, 4) is 0 Å². The molecule has 2 aromatic carbocycles. The van der Waals surface area contributed by atoms with Crippen LogP contribution in [0.5, 0.6) is 0 Å². The van der Waals surface area contributed by atoms with Crippen LogP contribution in [0, 0.1) is 0 Å². The van der Waals surface area contributed by atoms with Gasteiger partial charge in [-0.2, -0.15) is 13.2 Å². The molecule has 3 heterocycles. The fourth-order valence-corrected chi connectivity index (χ4v) is 5.41. The van der Waals surface area contributed by atoms with Gasteiger partial charge in [0.15, 0.2) is 0 Å². The fraction of sp³-hybridized carbons (Fsp3) is 0.500. The Labute approximate surface area is 225 Å². The number of hydrogen-bond acceptors (Lipinski definition) is 5. The molecule has 0 aromatic heterocycles. The highest BCUT2D eigenvalue weighted by Crippen LogP contribution is 2.35. The summed E-state index contributed by atoms with van der Waals surface area (Å²) in [5.74, 6) is 0. The number of rotatable bonds is 7. The Balaban J connectivity index is 1.10. The van der Waals surface area contributed by atoms with Crippen molar-refractivity contribution in [1.29, 1.82) is 0 Å². The SMILES string of the molecule is O=C(NCC1CCCO1)Nc1cccc(CN2CC3(CCN(Cc4ccc(C(F)(F)F)cc4)CC3)OC2=O)c1. The molecule has 0 bridgehead atoms. The van der Waals surface area contributed by atoms with Crippen LogP contribution < -0.4 is 10.6 Å². The van der Waals surface area contributed by atoms with E-state index >= 15 is 0 Å². The van der Waals surface area contributed by atoms with Crippen LogP contribution in [-0.4, -0.2) is 66.4 Å². The van der Waals surface area contributed by atoms with Crippen molar-refractivity contribution < 1.29 is 32.2 Å². The Morgan fingerprint density at radius 2 is 1.82 bits per heavy atom. The molecule has 0 saturated carbocycles. The monoisotopic (exact) mass is 546 g/mol. The molecule has 3 saturated heterocycles. The standard InChI is InChI=1S/C28H33F3N4O4/c29-28(30,31)22-8-6-20(7-9-22)17-34-12-10-27(11-13-34)19-35(26(37)39-27)18-21-3-1-4-23(15-21)33-25(36)32-16-24-5-2-14-38-24/h1,3-4,6-9,15,24H,2,5,10-14,16-19H2,(H2,32,33,36). The van der Waals surface area contributed by atoms with Gasteiger partial charge in [0, 0.05) is 57.9 Å². The summed E-state index contributed by atoms with van der Waals surface area (Å²) in [6, 6.07) is 12.3. The lowest BCUT2D eigenvalue weighted by molar-refractivity contribution is -0.137. The molecule has 3 aliphatic rings. The number of benzene rings is 2. The number of ether oxygens (including phenoxy) is 2. The average Bonchev–Trinajstić information content (AvgIpc) is 3.52. The first-order valence-corrected chi connectivity index (χ1v) is 13.3. The Morgan fingerprint density at radius 1 is 1.05 bits per heavy atom. The molecular weight excluding hydrogens is 513 g/mol. The van der Waals surface area contributed by atoms with Crippen molar-refractivity contribution in [2.75, 3.05) is 38.1 Å². The molecule has 1 spiro atoms. The molecular formula is C28H33F3N4O4. The van der Waals surface area contributed by atoms with Crippen molar-refractivity contribution in [2.45, 2.75) is 56.7 Å². The van der Waals surface area contributed by atoms with E-state index in [4.69, 9.17) is 9.47 Å². The van der Waals surface area contributed by atoms with Gasteiger partial charge in [0.2, 0.25) is 0 Å². The molecule has 8 nitrogen and oxygen atoms in total. The summed E-state index contributed by atoms with van der Waals surface area (Å²) in [5.41, 5.74) is 1.11. The highest BCUT2D eigenvalue weighted by atomic mass is 19.4. The van der Waals surface area contributed by atoms with Crippen LogP contribution in [0.25, 0.3) is 0 Å². The molecule has 3 fully saturated rings. The number of nitrogens with one attached hydrogen (secondary N) is 2. The van der Waals surface area contributed by atoms with Gasteiger partial charge in [-0.05, 0) is 48.2 Å². The zero-order valence-electron chi connectivity index (χ0n) is 21.6. The van der Waals surface area contributed by atoms with Crippen molar-refractivity contribution in [1.82, 2.24) is 15.1 Å². The summed E-state index contributed by atoms with van der Waals surface area (Å²) in [6.45, 7) is 3.95. The average molecular weight is 547 g/mol. The number of carbonyl (C=O) groups is 2. The van der Waals surface area contributed by atoms with E-state index in [1.54, 1.807) is 11.0 Å². The largest absolute Gasteiger partial charge is 0.441 e. The smallest absolute Gasteiger partial charge is 0.416 e. The summed E-state index contributed by atoms with van der Waals surface area (Å²) in [7, 11) is 0. The maximum Gasteiger partial charge on any atom is 0.416 e. The van der Waals surface area contributed by atoms with E-state index in [-0.39, 0.29) is 18.2 Å². The van der Waals surface area contributed by atoms with Crippen LogP contribution in [-0.2, 0) is 28.7 Å². The number of urea groups is 1. The van der Waals surface area contributed by atoms with E-state index in [1.807, 2.05) is 18.2 Å². The maximum absolute atomic E-state index is 12.8. The minimum Gasteiger partial charge on any atom is -0.441 e. The van der Waals surface area contributed by atoms with Gasteiger partial charge in [0.25, 0.3) is 0 Å². The predicted molar refractivity (Wildman–Crippen MR) is 138 cm³/mol. The number of hydrogen-bond donors (Lipinski definition) is 2. The lowest BCUT2D eigenvalue weighted by Gasteiger charge is -2.37. The van der Waals surface area contributed by atoms with Gasteiger partial charge >= 0.3 is 18.3 Å². The minimum absolute atomic E-state index is 0.0623. The van der Waals surface area contributed by atoms with Gasteiger partial charge in [-0.25, -0.2) is 9.59 Å². The third-order valence-corrected chi connectivity index (χ3v) is 7.57. The van der Waals surface area contributed by atoms with E-state index < -0.39 is 17.3 Å². The third-order valence-electron chi connectivity index (χ3n) is 7.57. The Morgan fingerprint density at radius 3 is 2.51 bits per heavy atom. The first-order valence-electron chi connectivity index (χ1n) is 13.3. The molecule has 3 amide bonds. The summed E-state index contributed by atoms with van der Waals surface area (Å²) < 4.78 is 49.8. The Bertz CT molecular complexity index is 1160. The predicted octanol–water partition coefficient (Wildman–Crippen LogP) is 4.99. The molecule has 11 heteroatoms. The second-order valence-electron chi connectivity index (χ2n) is 10.5. The van der Waals surface area contributed by atoms with Crippen LogP contribution in [0.4, 0.5) is 28.4 Å². The second-order valence-corrected chi connectivity index (χ2v) is 10.5. The number of amides is 3. The van der Waals surface area contributed by atoms with Gasteiger partial charge in [0.1, 0.15) is 5.60 Å². The lowest BCUT2D eigenvalue weighted by atomic mass is 9.91. The molecule has 39 heavy (non-hydrogen) atoms. The highest BCUT2D eigenvalue weighted by Gasteiger charge is 2.46. The molecule has 2 aromatic rings. The van der Waals surface area contributed by atoms with Crippen LogP contribution in [0.1, 0.15) is 42.4 Å². The molecule has 1 atom stereocenters. The summed E-state index contributed by atoms with van der Waals surface area (Å²) >= 11 is 0. The summed E-state index contributed by atoms with van der Waals surface area (Å²) in [5, 5.41) is 5.66. The molecule has 5 rings (SSSR count). The number of nitrogens with zero attached hydrogens (tertiary/aromatic N) is 2. The van der Waals surface area contributed by atoms with Gasteiger partial charge in [-0.3, -0.25) is 9.80 Å². The number of alkyl halides is 3. The van der Waals surface area contributed by atoms with Gasteiger partial charge in [-0.15, -0.1) is 0 Å². The van der Waals surface area contributed by atoms with E-state index in [9.17, 15) is 22.8 Å². The first kappa shape index (κ1) is 27.3. The Kier molecular flexibility index (Phi) is 7.99. The minimum atomic E-state index is -4.34. The van der Waals surface area contributed by atoms with Crippen molar-refractivity contribution in [3.05, 3.63) is 65.2 Å². The van der Waals surface area contributed by atoms with E-state index in [2.05, 4.69) is 15.5 Å². The molecule has 1 unspecified atom stereocenters. The molecule has 2 N–H and O–H groups in total. The van der Waals surface area contributed by atoms with E-state index in [0.29, 0.717) is 57.8 Å². The maximum atomic E-state index is 12.8. The van der Waals surface area contributed by atoms with Crippen molar-refractivity contribution >= 4 is 17.8 Å². The van der Waals surface area contributed by atoms with Crippen molar-refractivity contribution in [3.63, 3.8) is 0 Å². The normalized spacial score (nSPS) is 21.3. The topological polar surface area (TPSA) is 83.1 Å². The van der Waals surface area contributed by atoms with Crippen molar-refractivity contribution in [2.24, 2.45) is 0 Å². The van der Waals surface area contributed by atoms with Gasteiger partial charge in [0.05, 0.1) is 18.2 Å².